The summed E-state index contributed by atoms with van der Waals surface area (Å²) in [7, 11) is 0. The number of rotatable bonds is 6. The molecule has 0 radical (unpaired) electrons. The summed E-state index contributed by atoms with van der Waals surface area (Å²) < 4.78 is 7.24. The molecular formula is C19H22N2O3. The van der Waals surface area contributed by atoms with Crippen LogP contribution in [0.15, 0.2) is 41.3 Å². The molecule has 0 bridgehead atoms. The van der Waals surface area contributed by atoms with Crippen LogP contribution in [0, 0.1) is 6.92 Å². The van der Waals surface area contributed by atoms with Gasteiger partial charge in [0.1, 0.15) is 11.3 Å². The lowest BCUT2D eigenvalue weighted by molar-refractivity contribution is 0.0948. The maximum absolute atomic E-state index is 12.6. The fourth-order valence-corrected chi connectivity index (χ4v) is 2.77. The summed E-state index contributed by atoms with van der Waals surface area (Å²) in [6.45, 7) is 4.60. The summed E-state index contributed by atoms with van der Waals surface area (Å²) >= 11 is 0. The van der Waals surface area contributed by atoms with Crippen LogP contribution in [0.2, 0.25) is 0 Å². The molecule has 0 spiro atoms. The molecule has 1 aromatic heterocycles. The van der Waals surface area contributed by atoms with E-state index in [9.17, 15) is 9.59 Å². The van der Waals surface area contributed by atoms with Crippen LogP contribution in [0.4, 0.5) is 0 Å². The number of carbonyl (C=O) groups is 1. The number of benzene rings is 1. The standard InChI is InChI=1S/C19H22N2O3/c1-3-24-16-7-5-4-6-14(16)12-20-18(22)17-13(2)10-11-21(19(17)23)15-8-9-15/h4-7,10-11,15H,3,8-9,12H2,1-2H3,(H,20,22). The highest BCUT2D eigenvalue weighted by Crippen LogP contribution is 2.33. The van der Waals surface area contributed by atoms with Crippen LogP contribution in [0.3, 0.4) is 0 Å². The zero-order chi connectivity index (χ0) is 17.1. The third kappa shape index (κ3) is 3.35. The molecule has 1 heterocycles. The third-order valence-corrected chi connectivity index (χ3v) is 4.21. The van der Waals surface area contributed by atoms with Gasteiger partial charge in [0.05, 0.1) is 6.61 Å². The van der Waals surface area contributed by atoms with E-state index in [1.54, 1.807) is 17.7 Å². The van der Waals surface area contributed by atoms with Gasteiger partial charge in [0, 0.05) is 24.3 Å². The Bertz CT molecular complexity index is 806. The number of pyridine rings is 1. The second-order valence-corrected chi connectivity index (χ2v) is 6.04. The van der Waals surface area contributed by atoms with Crippen molar-refractivity contribution in [1.82, 2.24) is 9.88 Å². The maximum atomic E-state index is 12.6. The highest BCUT2D eigenvalue weighted by molar-refractivity contribution is 5.95. The monoisotopic (exact) mass is 326 g/mol. The van der Waals surface area contributed by atoms with Crippen LogP contribution in [0.1, 0.15) is 47.3 Å². The van der Waals surface area contributed by atoms with Crippen molar-refractivity contribution in [3.05, 3.63) is 63.6 Å². The van der Waals surface area contributed by atoms with E-state index in [0.29, 0.717) is 18.7 Å². The number of para-hydroxylation sites is 1. The first-order valence-electron chi connectivity index (χ1n) is 8.32. The molecule has 1 saturated carbocycles. The van der Waals surface area contributed by atoms with Crippen molar-refractivity contribution in [2.75, 3.05) is 6.61 Å². The minimum atomic E-state index is -0.334. The SMILES string of the molecule is CCOc1ccccc1CNC(=O)c1c(C)ccn(C2CC2)c1=O. The lowest BCUT2D eigenvalue weighted by Gasteiger charge is -2.12. The largest absolute Gasteiger partial charge is 0.494 e. The van der Waals surface area contributed by atoms with E-state index in [4.69, 9.17) is 4.74 Å². The number of carbonyl (C=O) groups excluding carboxylic acids is 1. The Labute approximate surface area is 141 Å². The lowest BCUT2D eigenvalue weighted by atomic mass is 10.1. The summed E-state index contributed by atoms with van der Waals surface area (Å²) in [5.41, 5.74) is 1.63. The lowest BCUT2D eigenvalue weighted by Crippen LogP contribution is -2.33. The molecule has 1 fully saturated rings. The minimum absolute atomic E-state index is 0.201. The van der Waals surface area contributed by atoms with E-state index in [1.807, 2.05) is 37.3 Å². The van der Waals surface area contributed by atoms with Crippen LogP contribution in [0.25, 0.3) is 0 Å². The number of ether oxygens (including phenoxy) is 1. The van der Waals surface area contributed by atoms with Gasteiger partial charge < -0.3 is 14.6 Å². The average Bonchev–Trinajstić information content (AvgIpc) is 3.39. The molecule has 1 aromatic carbocycles. The van der Waals surface area contributed by atoms with Gasteiger partial charge >= 0.3 is 0 Å². The molecule has 0 saturated heterocycles. The predicted octanol–water partition coefficient (Wildman–Crippen LogP) is 2.82. The second-order valence-electron chi connectivity index (χ2n) is 6.04. The molecule has 0 unspecified atom stereocenters. The van der Waals surface area contributed by atoms with Gasteiger partial charge in [-0.1, -0.05) is 18.2 Å². The Morgan fingerprint density at radius 2 is 2.04 bits per heavy atom. The van der Waals surface area contributed by atoms with Gasteiger partial charge in [-0.25, -0.2) is 0 Å². The van der Waals surface area contributed by atoms with E-state index in [-0.39, 0.29) is 23.1 Å². The summed E-state index contributed by atoms with van der Waals surface area (Å²) in [6, 6.07) is 9.67. The first-order chi connectivity index (χ1) is 11.6. The predicted molar refractivity (Wildman–Crippen MR) is 92.5 cm³/mol. The zero-order valence-electron chi connectivity index (χ0n) is 14.0. The van der Waals surface area contributed by atoms with Gasteiger partial charge in [-0.2, -0.15) is 0 Å². The fraction of sp³-hybridized carbons (Fsp3) is 0.368. The molecule has 1 N–H and O–H groups in total. The number of hydrogen-bond donors (Lipinski definition) is 1. The van der Waals surface area contributed by atoms with Gasteiger partial charge in [-0.3, -0.25) is 9.59 Å². The molecule has 1 amide bonds. The quantitative estimate of drug-likeness (QED) is 0.888. The molecule has 2 aromatic rings. The Hall–Kier alpha value is -2.56. The maximum Gasteiger partial charge on any atom is 0.263 e. The van der Waals surface area contributed by atoms with Crippen LogP contribution in [-0.2, 0) is 6.54 Å². The number of hydrogen-bond acceptors (Lipinski definition) is 3. The molecule has 3 rings (SSSR count). The van der Waals surface area contributed by atoms with E-state index in [1.165, 1.54) is 0 Å². The molecule has 0 atom stereocenters. The van der Waals surface area contributed by atoms with Gasteiger partial charge in [-0.05, 0) is 44.4 Å². The summed E-state index contributed by atoms with van der Waals surface area (Å²) in [6.07, 6.45) is 3.80. The fourth-order valence-electron chi connectivity index (χ4n) is 2.77. The van der Waals surface area contributed by atoms with Gasteiger partial charge in [0.25, 0.3) is 11.5 Å². The topological polar surface area (TPSA) is 60.3 Å². The average molecular weight is 326 g/mol. The Morgan fingerprint density at radius 3 is 2.75 bits per heavy atom. The highest BCUT2D eigenvalue weighted by Gasteiger charge is 2.26. The zero-order valence-corrected chi connectivity index (χ0v) is 14.0. The highest BCUT2D eigenvalue weighted by atomic mass is 16.5. The van der Waals surface area contributed by atoms with Crippen molar-refractivity contribution in [2.45, 2.75) is 39.3 Å². The van der Waals surface area contributed by atoms with E-state index in [0.717, 1.165) is 24.2 Å². The molecule has 24 heavy (non-hydrogen) atoms. The molecule has 5 heteroatoms. The van der Waals surface area contributed by atoms with Crippen LogP contribution in [-0.4, -0.2) is 17.1 Å². The van der Waals surface area contributed by atoms with E-state index < -0.39 is 0 Å². The number of nitrogens with zero attached hydrogens (tertiary/aromatic N) is 1. The van der Waals surface area contributed by atoms with Crippen LogP contribution < -0.4 is 15.6 Å². The van der Waals surface area contributed by atoms with Crippen molar-refractivity contribution in [1.29, 1.82) is 0 Å². The number of aryl methyl sites for hydroxylation is 1. The normalized spacial score (nSPS) is 13.6. The third-order valence-electron chi connectivity index (χ3n) is 4.21. The molecule has 5 nitrogen and oxygen atoms in total. The number of amides is 1. The summed E-state index contributed by atoms with van der Waals surface area (Å²) in [5.74, 6) is 0.416. The molecule has 126 valence electrons. The van der Waals surface area contributed by atoms with Crippen molar-refractivity contribution >= 4 is 5.91 Å². The molecule has 1 aliphatic carbocycles. The van der Waals surface area contributed by atoms with Crippen molar-refractivity contribution in [3.63, 3.8) is 0 Å². The molecular weight excluding hydrogens is 304 g/mol. The van der Waals surface area contributed by atoms with E-state index >= 15 is 0 Å². The first-order valence-corrected chi connectivity index (χ1v) is 8.32. The van der Waals surface area contributed by atoms with Gasteiger partial charge in [-0.15, -0.1) is 0 Å². The molecule has 1 aliphatic rings. The van der Waals surface area contributed by atoms with Crippen LogP contribution in [0.5, 0.6) is 5.75 Å². The summed E-state index contributed by atoms with van der Waals surface area (Å²) in [4.78, 5) is 25.1. The smallest absolute Gasteiger partial charge is 0.263 e. The van der Waals surface area contributed by atoms with E-state index in [2.05, 4.69) is 5.32 Å². The second kappa shape index (κ2) is 6.91. The first kappa shape index (κ1) is 16.3. The Morgan fingerprint density at radius 1 is 1.29 bits per heavy atom. The Kier molecular flexibility index (Phi) is 4.69. The summed E-state index contributed by atoms with van der Waals surface area (Å²) in [5, 5.41) is 2.85. The van der Waals surface area contributed by atoms with Gasteiger partial charge in [0.2, 0.25) is 0 Å². The van der Waals surface area contributed by atoms with Gasteiger partial charge in [0.15, 0.2) is 0 Å². The van der Waals surface area contributed by atoms with Crippen molar-refractivity contribution < 1.29 is 9.53 Å². The number of nitrogens with one attached hydrogen (secondary N) is 1. The van der Waals surface area contributed by atoms with Crippen LogP contribution >= 0.6 is 0 Å². The Balaban J connectivity index is 1.79. The van der Waals surface area contributed by atoms with Crippen molar-refractivity contribution in [2.24, 2.45) is 0 Å². The molecule has 0 aliphatic heterocycles. The van der Waals surface area contributed by atoms with Crippen molar-refractivity contribution in [3.8, 4) is 5.75 Å². The minimum Gasteiger partial charge on any atom is -0.494 e. The number of aromatic nitrogens is 1.